The van der Waals surface area contributed by atoms with Gasteiger partial charge in [-0.15, -0.1) is 0 Å². The molecule has 1 aromatic heterocycles. The largest absolute Gasteiger partial charge is 0.491 e. The van der Waals surface area contributed by atoms with Crippen LogP contribution < -0.4 is 4.74 Å². The molecule has 0 aliphatic carbocycles. The topological polar surface area (TPSA) is 68.7 Å². The minimum atomic E-state index is -3.19. The Hall–Kier alpha value is -1.18. The fourth-order valence-corrected chi connectivity index (χ4v) is 4.33. The minimum absolute atomic E-state index is 0.0657. The minimum Gasteiger partial charge on any atom is -0.491 e. The Morgan fingerprint density at radius 1 is 1.55 bits per heavy atom. The summed E-state index contributed by atoms with van der Waals surface area (Å²) in [7, 11) is -3.19. The van der Waals surface area contributed by atoms with Gasteiger partial charge in [0.05, 0.1) is 25.2 Å². The summed E-state index contributed by atoms with van der Waals surface area (Å²) < 4.78 is 37.2. The van der Waals surface area contributed by atoms with Crippen LogP contribution in [-0.4, -0.2) is 56.4 Å². The summed E-state index contributed by atoms with van der Waals surface area (Å²) in [5.74, 6) is 0.706. The fraction of sp³-hybridized carbons (Fsp3) is 0.667. The van der Waals surface area contributed by atoms with E-state index < -0.39 is 10.0 Å². The second-order valence-corrected chi connectivity index (χ2v) is 8.17. The van der Waals surface area contributed by atoms with E-state index in [-0.39, 0.29) is 11.5 Å². The Bertz CT molecular complexity index is 607. The molecule has 2 atom stereocenters. The molecule has 122 valence electrons. The van der Waals surface area contributed by atoms with Crippen molar-refractivity contribution in [1.29, 1.82) is 0 Å². The molecule has 2 aliphatic rings. The first-order valence-electron chi connectivity index (χ1n) is 7.59. The van der Waals surface area contributed by atoms with Crippen LogP contribution in [0, 0.1) is 5.41 Å². The molecule has 0 radical (unpaired) electrons. The quantitative estimate of drug-likeness (QED) is 0.834. The molecular weight excluding hydrogens is 304 g/mol. The summed E-state index contributed by atoms with van der Waals surface area (Å²) in [5.41, 5.74) is -0.268. The SMILES string of the molecule is CS(=O)(=O)N1CC[C@@H]2OCCC[C@@]2(COc2cccnc2)C1. The number of aromatic nitrogens is 1. The molecule has 6 nitrogen and oxygen atoms in total. The van der Waals surface area contributed by atoms with E-state index >= 15 is 0 Å². The number of hydrogen-bond donors (Lipinski definition) is 0. The van der Waals surface area contributed by atoms with Crippen molar-refractivity contribution in [3.63, 3.8) is 0 Å². The van der Waals surface area contributed by atoms with Gasteiger partial charge in [0.25, 0.3) is 0 Å². The normalized spacial score (nSPS) is 29.8. The van der Waals surface area contributed by atoms with Gasteiger partial charge in [0.1, 0.15) is 5.75 Å². The predicted octanol–water partition coefficient (Wildman–Crippen LogP) is 1.29. The lowest BCUT2D eigenvalue weighted by Gasteiger charge is -2.49. The molecular formula is C15H22N2O4S. The van der Waals surface area contributed by atoms with Crippen molar-refractivity contribution in [2.45, 2.75) is 25.4 Å². The number of rotatable bonds is 4. The van der Waals surface area contributed by atoms with Crippen LogP contribution in [0.1, 0.15) is 19.3 Å². The maximum absolute atomic E-state index is 11.9. The van der Waals surface area contributed by atoms with E-state index in [1.807, 2.05) is 12.1 Å². The molecule has 2 aliphatic heterocycles. The summed E-state index contributed by atoms with van der Waals surface area (Å²) in [5, 5.41) is 0. The molecule has 22 heavy (non-hydrogen) atoms. The number of fused-ring (bicyclic) bond motifs is 1. The molecule has 2 fully saturated rings. The van der Waals surface area contributed by atoms with Crippen molar-refractivity contribution in [3.8, 4) is 5.75 Å². The molecule has 0 aromatic carbocycles. The highest BCUT2D eigenvalue weighted by molar-refractivity contribution is 7.88. The van der Waals surface area contributed by atoms with Crippen LogP contribution in [0.4, 0.5) is 0 Å². The van der Waals surface area contributed by atoms with Gasteiger partial charge < -0.3 is 9.47 Å². The number of hydrogen-bond acceptors (Lipinski definition) is 5. The standard InChI is InChI=1S/C15H22N2O4S/c1-22(18,19)17-8-5-14-15(11-17,6-3-9-20-14)12-21-13-4-2-7-16-10-13/h2,4,7,10,14H,3,5-6,8-9,11-12H2,1H3/t14-,15-/m0/s1. The van der Waals surface area contributed by atoms with Crippen molar-refractivity contribution < 1.29 is 17.9 Å². The van der Waals surface area contributed by atoms with Crippen molar-refractivity contribution in [2.24, 2.45) is 5.41 Å². The Balaban J connectivity index is 1.78. The lowest BCUT2D eigenvalue weighted by atomic mass is 9.73. The van der Waals surface area contributed by atoms with Crippen LogP contribution in [0.2, 0.25) is 0 Å². The molecule has 0 unspecified atom stereocenters. The van der Waals surface area contributed by atoms with E-state index in [1.54, 1.807) is 16.7 Å². The zero-order valence-corrected chi connectivity index (χ0v) is 13.6. The third kappa shape index (κ3) is 3.26. The third-order valence-electron chi connectivity index (χ3n) is 4.58. The summed E-state index contributed by atoms with van der Waals surface area (Å²) in [4.78, 5) is 4.04. The van der Waals surface area contributed by atoms with Crippen LogP contribution in [0.3, 0.4) is 0 Å². The number of nitrogens with zero attached hydrogens (tertiary/aromatic N) is 2. The highest BCUT2D eigenvalue weighted by Crippen LogP contribution is 2.41. The zero-order valence-electron chi connectivity index (χ0n) is 12.8. The van der Waals surface area contributed by atoms with Gasteiger partial charge in [0.15, 0.2) is 0 Å². The van der Waals surface area contributed by atoms with Gasteiger partial charge in [-0.25, -0.2) is 12.7 Å². The molecule has 1 aromatic rings. The molecule has 0 amide bonds. The maximum atomic E-state index is 11.9. The highest BCUT2D eigenvalue weighted by Gasteiger charge is 2.48. The van der Waals surface area contributed by atoms with Crippen molar-refractivity contribution >= 4 is 10.0 Å². The summed E-state index contributed by atoms with van der Waals surface area (Å²) in [6.45, 7) is 2.20. The zero-order chi connectivity index (χ0) is 15.6. The number of piperidine rings is 1. The number of sulfonamides is 1. The van der Waals surface area contributed by atoms with Gasteiger partial charge in [-0.05, 0) is 31.4 Å². The van der Waals surface area contributed by atoms with Gasteiger partial charge in [-0.3, -0.25) is 4.98 Å². The average molecular weight is 326 g/mol. The predicted molar refractivity (Wildman–Crippen MR) is 82.2 cm³/mol. The van der Waals surface area contributed by atoms with E-state index in [0.29, 0.717) is 25.4 Å². The summed E-state index contributed by atoms with van der Waals surface area (Å²) in [6, 6.07) is 3.69. The molecule has 0 spiro atoms. The van der Waals surface area contributed by atoms with Crippen molar-refractivity contribution in [3.05, 3.63) is 24.5 Å². The van der Waals surface area contributed by atoms with Gasteiger partial charge >= 0.3 is 0 Å². The Labute approximate surface area is 131 Å². The van der Waals surface area contributed by atoms with Crippen LogP contribution in [0.5, 0.6) is 5.75 Å². The smallest absolute Gasteiger partial charge is 0.211 e. The van der Waals surface area contributed by atoms with Crippen molar-refractivity contribution in [1.82, 2.24) is 9.29 Å². The van der Waals surface area contributed by atoms with E-state index in [1.165, 1.54) is 6.26 Å². The van der Waals surface area contributed by atoms with Gasteiger partial charge in [-0.1, -0.05) is 0 Å². The van der Waals surface area contributed by atoms with E-state index in [4.69, 9.17) is 9.47 Å². The van der Waals surface area contributed by atoms with Crippen LogP contribution in [0.25, 0.3) is 0 Å². The van der Waals surface area contributed by atoms with E-state index in [0.717, 1.165) is 25.9 Å². The Kier molecular flexibility index (Phi) is 4.38. The van der Waals surface area contributed by atoms with Crippen molar-refractivity contribution in [2.75, 3.05) is 32.6 Å². The number of ether oxygens (including phenoxy) is 2. The van der Waals surface area contributed by atoms with Gasteiger partial charge in [0.2, 0.25) is 10.0 Å². The van der Waals surface area contributed by atoms with Crippen LogP contribution in [-0.2, 0) is 14.8 Å². The van der Waals surface area contributed by atoms with E-state index in [2.05, 4.69) is 4.98 Å². The molecule has 0 N–H and O–H groups in total. The lowest BCUT2D eigenvalue weighted by molar-refractivity contribution is -0.128. The van der Waals surface area contributed by atoms with E-state index in [9.17, 15) is 8.42 Å². The first-order chi connectivity index (χ1) is 10.5. The highest BCUT2D eigenvalue weighted by atomic mass is 32.2. The molecule has 7 heteroatoms. The van der Waals surface area contributed by atoms with Crippen LogP contribution >= 0.6 is 0 Å². The second-order valence-electron chi connectivity index (χ2n) is 6.19. The first-order valence-corrected chi connectivity index (χ1v) is 9.44. The Morgan fingerprint density at radius 2 is 2.41 bits per heavy atom. The van der Waals surface area contributed by atoms with Gasteiger partial charge in [-0.2, -0.15) is 0 Å². The Morgan fingerprint density at radius 3 is 3.14 bits per heavy atom. The maximum Gasteiger partial charge on any atom is 0.211 e. The second kappa shape index (κ2) is 6.14. The third-order valence-corrected chi connectivity index (χ3v) is 5.83. The molecule has 3 heterocycles. The fourth-order valence-electron chi connectivity index (χ4n) is 3.40. The molecule has 3 rings (SSSR count). The first kappa shape index (κ1) is 15.7. The lowest BCUT2D eigenvalue weighted by Crippen LogP contribution is -2.58. The van der Waals surface area contributed by atoms with Gasteiger partial charge in [0, 0.05) is 31.3 Å². The summed E-state index contributed by atoms with van der Waals surface area (Å²) >= 11 is 0. The molecule has 2 saturated heterocycles. The average Bonchev–Trinajstić information content (AvgIpc) is 2.52. The monoisotopic (exact) mass is 326 g/mol. The summed E-state index contributed by atoms with van der Waals surface area (Å²) in [6.07, 6.45) is 7.29. The molecule has 0 bridgehead atoms. The van der Waals surface area contributed by atoms with Crippen LogP contribution in [0.15, 0.2) is 24.5 Å². The molecule has 0 saturated carbocycles. The number of pyridine rings is 1.